The van der Waals surface area contributed by atoms with Gasteiger partial charge in [0.1, 0.15) is 11.9 Å². The van der Waals surface area contributed by atoms with Crippen LogP contribution in [0.4, 0.5) is 0 Å². The summed E-state index contributed by atoms with van der Waals surface area (Å²) in [7, 11) is -0.824. The Balaban J connectivity index is 1.69. The summed E-state index contributed by atoms with van der Waals surface area (Å²) in [5.74, 6) is -0.327. The van der Waals surface area contributed by atoms with Crippen molar-refractivity contribution >= 4 is 13.4 Å². The van der Waals surface area contributed by atoms with Crippen molar-refractivity contribution in [3.8, 4) is 0 Å². The van der Waals surface area contributed by atoms with Gasteiger partial charge in [-0.15, -0.1) is 0 Å². The number of hydrogen-bond acceptors (Lipinski definition) is 6. The molecule has 1 aromatic heterocycles. The van der Waals surface area contributed by atoms with Crippen LogP contribution in [0.25, 0.3) is 0 Å². The van der Waals surface area contributed by atoms with Crippen molar-refractivity contribution in [2.45, 2.75) is 19.5 Å². The SMILES string of the molecule is COP(=O)(CC(=O)c1ccc2c(n1)CCN(Cc1ccccc1)C2)OC. The van der Waals surface area contributed by atoms with Gasteiger partial charge in [0.25, 0.3) is 0 Å². The minimum absolute atomic E-state index is 0.300. The number of carbonyl (C=O) groups excluding carboxylic acids is 1. The highest BCUT2D eigenvalue weighted by Crippen LogP contribution is 2.46. The quantitative estimate of drug-likeness (QED) is 0.547. The summed E-state index contributed by atoms with van der Waals surface area (Å²) < 4.78 is 21.8. The predicted octanol–water partition coefficient (Wildman–Crippen LogP) is 3.31. The largest absolute Gasteiger partial charge is 0.337 e. The second-order valence-corrected chi connectivity index (χ2v) is 8.57. The first kappa shape index (κ1) is 18.9. The van der Waals surface area contributed by atoms with E-state index in [2.05, 4.69) is 22.0 Å². The lowest BCUT2D eigenvalue weighted by atomic mass is 10.0. The fraction of sp³-hybridized carbons (Fsp3) is 0.368. The fourth-order valence-corrected chi connectivity index (χ4v) is 3.99. The molecular weight excluding hydrogens is 351 g/mol. The van der Waals surface area contributed by atoms with Gasteiger partial charge in [-0.1, -0.05) is 36.4 Å². The van der Waals surface area contributed by atoms with Crippen LogP contribution in [0, 0.1) is 0 Å². The van der Waals surface area contributed by atoms with E-state index in [9.17, 15) is 9.36 Å². The van der Waals surface area contributed by atoms with Crippen LogP contribution in [0.3, 0.4) is 0 Å². The average molecular weight is 374 g/mol. The van der Waals surface area contributed by atoms with Gasteiger partial charge in [0.15, 0.2) is 5.78 Å². The molecule has 0 N–H and O–H groups in total. The van der Waals surface area contributed by atoms with Crippen LogP contribution in [-0.2, 0) is 33.1 Å². The molecule has 0 spiro atoms. The molecule has 138 valence electrons. The van der Waals surface area contributed by atoms with Gasteiger partial charge < -0.3 is 9.05 Å². The number of aromatic nitrogens is 1. The molecule has 1 aromatic carbocycles. The van der Waals surface area contributed by atoms with Gasteiger partial charge in [0.2, 0.25) is 0 Å². The molecule has 2 heterocycles. The number of carbonyl (C=O) groups is 1. The molecule has 26 heavy (non-hydrogen) atoms. The normalized spacial score (nSPS) is 14.8. The molecule has 0 aliphatic carbocycles. The minimum Gasteiger partial charge on any atom is -0.312 e. The first-order valence-corrected chi connectivity index (χ1v) is 10.2. The molecule has 0 bridgehead atoms. The van der Waals surface area contributed by atoms with Gasteiger partial charge in [-0.05, 0) is 17.2 Å². The highest BCUT2D eigenvalue weighted by Gasteiger charge is 2.27. The summed E-state index contributed by atoms with van der Waals surface area (Å²) >= 11 is 0. The minimum atomic E-state index is -3.38. The molecule has 1 aliphatic rings. The van der Waals surface area contributed by atoms with E-state index in [0.717, 1.165) is 37.3 Å². The van der Waals surface area contributed by atoms with Crippen molar-refractivity contribution in [1.29, 1.82) is 0 Å². The van der Waals surface area contributed by atoms with E-state index in [0.29, 0.717) is 5.69 Å². The summed E-state index contributed by atoms with van der Waals surface area (Å²) in [6, 6.07) is 14.0. The van der Waals surface area contributed by atoms with E-state index in [1.807, 2.05) is 24.3 Å². The maximum absolute atomic E-state index is 12.4. The van der Waals surface area contributed by atoms with Crippen molar-refractivity contribution in [1.82, 2.24) is 9.88 Å². The van der Waals surface area contributed by atoms with Crippen LogP contribution >= 0.6 is 7.60 Å². The zero-order valence-electron chi connectivity index (χ0n) is 15.1. The third-order valence-corrected chi connectivity index (χ3v) is 6.34. The molecule has 0 fully saturated rings. The molecule has 0 radical (unpaired) electrons. The van der Waals surface area contributed by atoms with Gasteiger partial charge in [0, 0.05) is 46.0 Å². The second-order valence-electron chi connectivity index (χ2n) is 6.31. The summed E-state index contributed by atoms with van der Waals surface area (Å²) in [4.78, 5) is 19.2. The Hall–Kier alpha value is -1.85. The maximum atomic E-state index is 12.4. The van der Waals surface area contributed by atoms with Crippen LogP contribution in [0.2, 0.25) is 0 Å². The van der Waals surface area contributed by atoms with Crippen molar-refractivity contribution in [3.05, 3.63) is 65.0 Å². The maximum Gasteiger partial charge on any atom is 0.337 e. The number of pyridine rings is 1. The molecule has 7 heteroatoms. The Bertz CT molecular complexity index is 818. The van der Waals surface area contributed by atoms with E-state index in [-0.39, 0.29) is 11.9 Å². The van der Waals surface area contributed by atoms with Gasteiger partial charge in [-0.3, -0.25) is 14.3 Å². The lowest BCUT2D eigenvalue weighted by molar-refractivity contribution is 0.100. The molecule has 1 aliphatic heterocycles. The first-order valence-electron chi connectivity index (χ1n) is 8.52. The van der Waals surface area contributed by atoms with Gasteiger partial charge >= 0.3 is 7.60 Å². The van der Waals surface area contributed by atoms with Crippen LogP contribution in [0.5, 0.6) is 0 Å². The van der Waals surface area contributed by atoms with Crippen LogP contribution in [0.15, 0.2) is 42.5 Å². The van der Waals surface area contributed by atoms with Crippen molar-refractivity contribution < 1.29 is 18.4 Å². The molecule has 6 nitrogen and oxygen atoms in total. The van der Waals surface area contributed by atoms with Crippen molar-refractivity contribution in [2.75, 3.05) is 26.9 Å². The molecule has 0 amide bonds. The number of hydrogen-bond donors (Lipinski definition) is 0. The smallest absolute Gasteiger partial charge is 0.312 e. The standard InChI is InChI=1S/C19H23N2O4P/c1-24-26(23,25-2)14-19(22)18-9-8-16-13-21(11-10-17(16)20-18)12-15-6-4-3-5-7-15/h3-9H,10-14H2,1-2H3. The number of fused-ring (bicyclic) bond motifs is 1. The average Bonchev–Trinajstić information content (AvgIpc) is 2.68. The van der Waals surface area contributed by atoms with E-state index >= 15 is 0 Å². The predicted molar refractivity (Wildman–Crippen MR) is 99.3 cm³/mol. The molecule has 0 saturated heterocycles. The monoisotopic (exact) mass is 374 g/mol. The van der Waals surface area contributed by atoms with Gasteiger partial charge in [-0.25, -0.2) is 4.98 Å². The van der Waals surface area contributed by atoms with Crippen molar-refractivity contribution in [2.24, 2.45) is 0 Å². The lowest BCUT2D eigenvalue weighted by Crippen LogP contribution is -2.31. The Morgan fingerprint density at radius 1 is 1.15 bits per heavy atom. The molecular formula is C19H23N2O4P. The summed E-state index contributed by atoms with van der Waals surface area (Å²) in [6.45, 7) is 2.59. The van der Waals surface area contributed by atoms with E-state index < -0.39 is 7.60 Å². The second kappa shape index (κ2) is 8.23. The van der Waals surface area contributed by atoms with E-state index in [4.69, 9.17) is 9.05 Å². The van der Waals surface area contributed by atoms with Crippen LogP contribution in [0.1, 0.15) is 27.3 Å². The first-order chi connectivity index (χ1) is 12.5. The van der Waals surface area contributed by atoms with Crippen LogP contribution < -0.4 is 0 Å². The van der Waals surface area contributed by atoms with Crippen molar-refractivity contribution in [3.63, 3.8) is 0 Å². The molecule has 2 aromatic rings. The fourth-order valence-electron chi connectivity index (χ4n) is 3.07. The zero-order chi connectivity index (χ0) is 18.6. The third kappa shape index (κ3) is 4.46. The van der Waals surface area contributed by atoms with Gasteiger partial charge in [-0.2, -0.15) is 0 Å². The number of nitrogens with zero attached hydrogens (tertiary/aromatic N) is 2. The summed E-state index contributed by atoms with van der Waals surface area (Å²) in [5.41, 5.74) is 3.66. The van der Waals surface area contributed by atoms with E-state index in [1.165, 1.54) is 19.8 Å². The van der Waals surface area contributed by atoms with E-state index in [1.54, 1.807) is 6.07 Å². The van der Waals surface area contributed by atoms with Gasteiger partial charge in [0.05, 0.1) is 0 Å². The van der Waals surface area contributed by atoms with Crippen LogP contribution in [-0.4, -0.2) is 42.6 Å². The lowest BCUT2D eigenvalue weighted by Gasteiger charge is -2.28. The Morgan fingerprint density at radius 2 is 1.88 bits per heavy atom. The molecule has 0 saturated carbocycles. The highest BCUT2D eigenvalue weighted by molar-refractivity contribution is 7.54. The highest BCUT2D eigenvalue weighted by atomic mass is 31.2. The molecule has 0 atom stereocenters. The Morgan fingerprint density at radius 3 is 2.58 bits per heavy atom. The summed E-state index contributed by atoms with van der Waals surface area (Å²) in [5, 5.41) is 0. The molecule has 0 unspecified atom stereocenters. The topological polar surface area (TPSA) is 68.7 Å². The number of benzene rings is 1. The Labute approximate surface area is 153 Å². The third-order valence-electron chi connectivity index (χ3n) is 4.56. The Kier molecular flexibility index (Phi) is 5.99. The summed E-state index contributed by atoms with van der Waals surface area (Å²) in [6.07, 6.45) is 0.488. The molecule has 3 rings (SSSR count). The zero-order valence-corrected chi connectivity index (χ0v) is 15.9. The number of ketones is 1. The number of Topliss-reactive ketones (excluding diaryl/α,β-unsaturated/α-hetero) is 1. The number of rotatable bonds is 7.